The minimum absolute atomic E-state index is 0.190. The molecule has 0 atom stereocenters. The van der Waals surface area contributed by atoms with Crippen molar-refractivity contribution < 1.29 is 18.3 Å². The summed E-state index contributed by atoms with van der Waals surface area (Å²) >= 11 is 0. The molecule has 0 saturated heterocycles. The molecule has 1 N–H and O–H groups in total. The van der Waals surface area contributed by atoms with Crippen LogP contribution in [0.5, 0.6) is 0 Å². The summed E-state index contributed by atoms with van der Waals surface area (Å²) in [4.78, 5) is 11.5. The lowest BCUT2D eigenvalue weighted by atomic mass is 10.1. The van der Waals surface area contributed by atoms with Gasteiger partial charge in [-0.1, -0.05) is 0 Å². The lowest BCUT2D eigenvalue weighted by Gasteiger charge is -2.20. The van der Waals surface area contributed by atoms with E-state index in [0.29, 0.717) is 11.8 Å². The summed E-state index contributed by atoms with van der Waals surface area (Å²) < 4.78 is 32.0. The van der Waals surface area contributed by atoms with Crippen LogP contribution in [0.3, 0.4) is 0 Å². The standard InChI is InChI=1S/C15H17F2NO2/c1-20-15(19)10-6-13(12(17)7-11(10)16)18-14(8-2-3-8)9-4-5-9/h6-9,14,18H,2-5H2,1H3. The van der Waals surface area contributed by atoms with Gasteiger partial charge in [-0.05, 0) is 43.6 Å². The maximum atomic E-state index is 13.9. The van der Waals surface area contributed by atoms with Crippen molar-refractivity contribution in [2.45, 2.75) is 31.7 Å². The van der Waals surface area contributed by atoms with E-state index in [9.17, 15) is 13.6 Å². The second-order valence-corrected chi connectivity index (χ2v) is 5.65. The molecular formula is C15H17F2NO2. The first-order chi connectivity index (χ1) is 9.60. The zero-order valence-electron chi connectivity index (χ0n) is 11.3. The summed E-state index contributed by atoms with van der Waals surface area (Å²) in [5, 5.41) is 3.17. The summed E-state index contributed by atoms with van der Waals surface area (Å²) in [6.45, 7) is 0. The van der Waals surface area contributed by atoms with E-state index in [1.54, 1.807) is 0 Å². The number of hydrogen-bond donors (Lipinski definition) is 1. The molecule has 0 bridgehead atoms. The van der Waals surface area contributed by atoms with Gasteiger partial charge in [-0.15, -0.1) is 0 Å². The van der Waals surface area contributed by atoms with Crippen LogP contribution in [0.15, 0.2) is 12.1 Å². The van der Waals surface area contributed by atoms with Crippen molar-refractivity contribution >= 4 is 11.7 Å². The molecular weight excluding hydrogens is 264 g/mol. The molecule has 0 amide bonds. The van der Waals surface area contributed by atoms with E-state index in [0.717, 1.165) is 31.7 Å². The fourth-order valence-corrected chi connectivity index (χ4v) is 2.64. The smallest absolute Gasteiger partial charge is 0.340 e. The Kier molecular flexibility index (Phi) is 3.36. The third kappa shape index (κ3) is 2.62. The van der Waals surface area contributed by atoms with Crippen molar-refractivity contribution in [2.75, 3.05) is 12.4 Å². The van der Waals surface area contributed by atoms with Crippen molar-refractivity contribution in [1.29, 1.82) is 0 Å². The highest BCUT2D eigenvalue weighted by molar-refractivity contribution is 5.90. The van der Waals surface area contributed by atoms with Gasteiger partial charge in [0.15, 0.2) is 0 Å². The number of halogens is 2. The fourth-order valence-electron chi connectivity index (χ4n) is 2.64. The molecule has 0 aliphatic heterocycles. The Hall–Kier alpha value is -1.65. The first-order valence-electron chi connectivity index (χ1n) is 6.94. The maximum Gasteiger partial charge on any atom is 0.340 e. The van der Waals surface area contributed by atoms with Crippen molar-refractivity contribution in [2.24, 2.45) is 11.8 Å². The van der Waals surface area contributed by atoms with Gasteiger partial charge in [0.05, 0.1) is 18.4 Å². The normalized spacial score (nSPS) is 18.2. The van der Waals surface area contributed by atoms with E-state index in [2.05, 4.69) is 10.1 Å². The van der Waals surface area contributed by atoms with Gasteiger partial charge in [-0.25, -0.2) is 13.6 Å². The molecule has 0 spiro atoms. The number of methoxy groups -OCH3 is 1. The fraction of sp³-hybridized carbons (Fsp3) is 0.533. The Morgan fingerprint density at radius 3 is 2.30 bits per heavy atom. The van der Waals surface area contributed by atoms with Crippen molar-refractivity contribution in [1.82, 2.24) is 0 Å². The Morgan fingerprint density at radius 1 is 1.20 bits per heavy atom. The summed E-state index contributed by atoms with van der Waals surface area (Å²) in [6, 6.07) is 2.19. The van der Waals surface area contributed by atoms with Crippen LogP contribution in [0.25, 0.3) is 0 Å². The van der Waals surface area contributed by atoms with Crippen LogP contribution in [0, 0.1) is 23.5 Å². The number of carbonyl (C=O) groups is 1. The Labute approximate surface area is 116 Å². The molecule has 1 aromatic rings. The SMILES string of the molecule is COC(=O)c1cc(NC(C2CC2)C2CC2)c(F)cc1F. The van der Waals surface area contributed by atoms with Gasteiger partial charge in [0.1, 0.15) is 11.6 Å². The molecule has 2 saturated carbocycles. The lowest BCUT2D eigenvalue weighted by molar-refractivity contribution is 0.0595. The van der Waals surface area contributed by atoms with Gasteiger partial charge >= 0.3 is 5.97 Å². The summed E-state index contributed by atoms with van der Waals surface area (Å²) in [6.07, 6.45) is 4.61. The second kappa shape index (κ2) is 5.04. The highest BCUT2D eigenvalue weighted by Crippen LogP contribution is 2.46. The average Bonchev–Trinajstić information content (AvgIpc) is 3.28. The molecule has 108 valence electrons. The van der Waals surface area contributed by atoms with Gasteiger partial charge in [0.2, 0.25) is 0 Å². The number of carbonyl (C=O) groups excluding carboxylic acids is 1. The van der Waals surface area contributed by atoms with Crippen molar-refractivity contribution in [3.63, 3.8) is 0 Å². The van der Waals surface area contributed by atoms with E-state index in [1.165, 1.54) is 13.2 Å². The Morgan fingerprint density at radius 2 is 1.80 bits per heavy atom. The summed E-state index contributed by atoms with van der Waals surface area (Å²) in [7, 11) is 1.18. The zero-order valence-corrected chi connectivity index (χ0v) is 11.3. The minimum Gasteiger partial charge on any atom is -0.465 e. The molecule has 0 heterocycles. The second-order valence-electron chi connectivity index (χ2n) is 5.65. The molecule has 5 heteroatoms. The van der Waals surface area contributed by atoms with Crippen LogP contribution in [0.4, 0.5) is 14.5 Å². The van der Waals surface area contributed by atoms with E-state index < -0.39 is 17.6 Å². The maximum absolute atomic E-state index is 13.9. The van der Waals surface area contributed by atoms with Crippen LogP contribution in [0.2, 0.25) is 0 Å². The average molecular weight is 281 g/mol. The minimum atomic E-state index is -0.894. The zero-order chi connectivity index (χ0) is 14.3. The molecule has 2 aliphatic carbocycles. The molecule has 3 rings (SSSR count). The highest BCUT2D eigenvalue weighted by atomic mass is 19.1. The number of benzene rings is 1. The summed E-state index contributed by atoms with van der Waals surface area (Å²) in [5.41, 5.74) is -0.0441. The number of nitrogens with one attached hydrogen (secondary N) is 1. The van der Waals surface area contributed by atoms with E-state index in [4.69, 9.17) is 0 Å². The van der Waals surface area contributed by atoms with E-state index in [1.807, 2.05) is 0 Å². The topological polar surface area (TPSA) is 38.3 Å². The number of hydrogen-bond acceptors (Lipinski definition) is 3. The van der Waals surface area contributed by atoms with Crippen LogP contribution in [-0.4, -0.2) is 19.1 Å². The third-order valence-electron chi connectivity index (χ3n) is 4.04. The molecule has 3 nitrogen and oxygen atoms in total. The molecule has 0 aromatic heterocycles. The monoisotopic (exact) mass is 281 g/mol. The lowest BCUT2D eigenvalue weighted by Crippen LogP contribution is -2.25. The molecule has 20 heavy (non-hydrogen) atoms. The van der Waals surface area contributed by atoms with Gasteiger partial charge < -0.3 is 10.1 Å². The van der Waals surface area contributed by atoms with E-state index in [-0.39, 0.29) is 17.3 Å². The van der Waals surface area contributed by atoms with Crippen LogP contribution in [0.1, 0.15) is 36.0 Å². The van der Waals surface area contributed by atoms with Gasteiger partial charge in [-0.3, -0.25) is 0 Å². The number of esters is 1. The molecule has 1 aromatic carbocycles. The van der Waals surface area contributed by atoms with E-state index >= 15 is 0 Å². The molecule has 0 unspecified atom stereocenters. The highest BCUT2D eigenvalue weighted by Gasteiger charge is 2.41. The predicted octanol–water partition coefficient (Wildman–Crippen LogP) is 3.35. The Bertz CT molecular complexity index is 527. The quantitative estimate of drug-likeness (QED) is 0.841. The molecule has 2 aliphatic rings. The third-order valence-corrected chi connectivity index (χ3v) is 4.04. The largest absolute Gasteiger partial charge is 0.465 e. The number of anilines is 1. The van der Waals surface area contributed by atoms with Crippen LogP contribution in [-0.2, 0) is 4.74 Å². The summed E-state index contributed by atoms with van der Waals surface area (Å²) in [5.74, 6) is -1.20. The Balaban J connectivity index is 1.85. The van der Waals surface area contributed by atoms with Crippen molar-refractivity contribution in [3.05, 3.63) is 29.3 Å². The first kappa shape index (κ1) is 13.3. The van der Waals surface area contributed by atoms with Gasteiger partial charge in [-0.2, -0.15) is 0 Å². The molecule has 0 radical (unpaired) electrons. The molecule has 2 fully saturated rings. The van der Waals surface area contributed by atoms with Gasteiger partial charge in [0.25, 0.3) is 0 Å². The van der Waals surface area contributed by atoms with Crippen LogP contribution >= 0.6 is 0 Å². The number of rotatable bonds is 5. The number of ether oxygens (including phenoxy) is 1. The van der Waals surface area contributed by atoms with Crippen LogP contribution < -0.4 is 5.32 Å². The first-order valence-corrected chi connectivity index (χ1v) is 6.94. The van der Waals surface area contributed by atoms with Crippen molar-refractivity contribution in [3.8, 4) is 0 Å². The predicted molar refractivity (Wildman–Crippen MR) is 70.6 cm³/mol. The van der Waals surface area contributed by atoms with Gasteiger partial charge in [0, 0.05) is 12.1 Å².